The molecule has 0 bridgehead atoms. The smallest absolute Gasteiger partial charge is 0.0328 e. The van der Waals surface area contributed by atoms with Gasteiger partial charge in [-0.25, -0.2) is 0 Å². The number of likely N-dealkylation sites (tertiary alicyclic amines) is 1. The summed E-state index contributed by atoms with van der Waals surface area (Å²) in [5, 5.41) is 3.86. The molecule has 0 aromatic rings. The number of hydrogen-bond donors (Lipinski definition) is 2. The van der Waals surface area contributed by atoms with Crippen molar-refractivity contribution in [2.75, 3.05) is 26.2 Å². The molecular weight excluding hydrogens is 246 g/mol. The van der Waals surface area contributed by atoms with E-state index in [1.54, 1.807) is 0 Å². The summed E-state index contributed by atoms with van der Waals surface area (Å²) >= 11 is 0. The predicted octanol–water partition coefficient (Wildman–Crippen LogP) is 2.71. The van der Waals surface area contributed by atoms with Gasteiger partial charge in [0.2, 0.25) is 0 Å². The van der Waals surface area contributed by atoms with Gasteiger partial charge in [0.05, 0.1) is 0 Å². The van der Waals surface area contributed by atoms with Crippen molar-refractivity contribution in [3.8, 4) is 0 Å². The molecule has 0 saturated carbocycles. The van der Waals surface area contributed by atoms with Gasteiger partial charge in [0.1, 0.15) is 0 Å². The summed E-state index contributed by atoms with van der Waals surface area (Å²) in [5.41, 5.74) is 6.29. The maximum absolute atomic E-state index is 6.12. The number of piperidine rings is 1. The highest BCUT2D eigenvalue weighted by atomic mass is 15.2. The van der Waals surface area contributed by atoms with E-state index < -0.39 is 0 Å². The summed E-state index contributed by atoms with van der Waals surface area (Å²) in [6, 6.07) is 0.657. The van der Waals surface area contributed by atoms with E-state index in [9.17, 15) is 0 Å². The van der Waals surface area contributed by atoms with Crippen LogP contribution in [0.3, 0.4) is 0 Å². The maximum Gasteiger partial charge on any atom is 0.0328 e. The number of rotatable bonds is 7. The van der Waals surface area contributed by atoms with Crippen molar-refractivity contribution in [2.24, 2.45) is 23.5 Å². The van der Waals surface area contributed by atoms with Crippen LogP contribution in [-0.4, -0.2) is 42.7 Å². The van der Waals surface area contributed by atoms with Crippen molar-refractivity contribution in [3.63, 3.8) is 0 Å². The first-order valence-corrected chi connectivity index (χ1v) is 8.50. The zero-order valence-electron chi connectivity index (χ0n) is 14.6. The predicted molar refractivity (Wildman–Crippen MR) is 88.9 cm³/mol. The van der Waals surface area contributed by atoms with Crippen LogP contribution in [0.2, 0.25) is 0 Å². The van der Waals surface area contributed by atoms with Gasteiger partial charge in [0.15, 0.2) is 0 Å². The standard InChI is InChI=1S/C17H37N3/c1-13(2)16(14(3)4)11-19-17(12-18)7-9-20(10-8-17)15(5)6/h13-16,19H,7-12,18H2,1-6H3. The van der Waals surface area contributed by atoms with Gasteiger partial charge in [-0.05, 0) is 51.0 Å². The zero-order chi connectivity index (χ0) is 15.3. The Bertz CT molecular complexity index is 257. The number of nitrogens with zero attached hydrogens (tertiary/aromatic N) is 1. The highest BCUT2D eigenvalue weighted by Gasteiger charge is 2.34. The van der Waals surface area contributed by atoms with Crippen molar-refractivity contribution in [2.45, 2.75) is 66.0 Å². The van der Waals surface area contributed by atoms with Crippen molar-refractivity contribution >= 4 is 0 Å². The molecule has 0 spiro atoms. The van der Waals surface area contributed by atoms with Gasteiger partial charge in [-0.15, -0.1) is 0 Å². The highest BCUT2D eigenvalue weighted by Crippen LogP contribution is 2.25. The molecule has 1 heterocycles. The molecule has 1 rings (SSSR count). The number of hydrogen-bond acceptors (Lipinski definition) is 3. The van der Waals surface area contributed by atoms with Gasteiger partial charge < -0.3 is 16.0 Å². The average Bonchev–Trinajstić information content (AvgIpc) is 2.38. The summed E-state index contributed by atoms with van der Waals surface area (Å²) < 4.78 is 0. The lowest BCUT2D eigenvalue weighted by Gasteiger charge is -2.44. The van der Waals surface area contributed by atoms with Gasteiger partial charge in [-0.2, -0.15) is 0 Å². The quantitative estimate of drug-likeness (QED) is 0.755. The third kappa shape index (κ3) is 4.71. The van der Waals surface area contributed by atoms with E-state index in [0.29, 0.717) is 6.04 Å². The summed E-state index contributed by atoms with van der Waals surface area (Å²) in [7, 11) is 0. The summed E-state index contributed by atoms with van der Waals surface area (Å²) in [5.74, 6) is 2.20. The fourth-order valence-corrected chi connectivity index (χ4v) is 3.50. The molecule has 0 radical (unpaired) electrons. The second kappa shape index (κ2) is 7.77. The molecule has 0 aliphatic carbocycles. The minimum atomic E-state index is 0.174. The molecule has 0 aromatic carbocycles. The highest BCUT2D eigenvalue weighted by molar-refractivity contribution is 4.95. The third-order valence-corrected chi connectivity index (χ3v) is 5.30. The SMILES string of the molecule is CC(C)C(CNC1(CN)CCN(C(C)C)CC1)C(C)C. The topological polar surface area (TPSA) is 41.3 Å². The Balaban J connectivity index is 2.55. The molecule has 3 nitrogen and oxygen atoms in total. The molecule has 0 aromatic heterocycles. The molecule has 3 heteroatoms. The van der Waals surface area contributed by atoms with E-state index in [0.717, 1.165) is 30.8 Å². The summed E-state index contributed by atoms with van der Waals surface area (Å²) in [6.07, 6.45) is 2.37. The van der Waals surface area contributed by atoms with Gasteiger partial charge in [-0.3, -0.25) is 0 Å². The first-order chi connectivity index (χ1) is 9.31. The largest absolute Gasteiger partial charge is 0.329 e. The number of nitrogens with two attached hydrogens (primary N) is 1. The van der Waals surface area contributed by atoms with Crippen molar-refractivity contribution in [1.82, 2.24) is 10.2 Å². The van der Waals surface area contributed by atoms with Crippen molar-refractivity contribution in [3.05, 3.63) is 0 Å². The van der Waals surface area contributed by atoms with Crippen LogP contribution in [0.5, 0.6) is 0 Å². The second-order valence-corrected chi connectivity index (χ2v) is 7.65. The Hall–Kier alpha value is -0.120. The lowest BCUT2D eigenvalue weighted by atomic mass is 9.82. The average molecular weight is 284 g/mol. The van der Waals surface area contributed by atoms with Gasteiger partial charge >= 0.3 is 0 Å². The molecule has 1 saturated heterocycles. The summed E-state index contributed by atoms with van der Waals surface area (Å²) in [6.45, 7) is 18.1. The van der Waals surface area contributed by atoms with E-state index in [1.807, 2.05) is 0 Å². The molecule has 20 heavy (non-hydrogen) atoms. The van der Waals surface area contributed by atoms with Gasteiger partial charge in [0.25, 0.3) is 0 Å². The first kappa shape index (κ1) is 17.9. The number of nitrogens with one attached hydrogen (secondary N) is 1. The van der Waals surface area contributed by atoms with Gasteiger partial charge in [-0.1, -0.05) is 27.7 Å². The fraction of sp³-hybridized carbons (Fsp3) is 1.00. The van der Waals surface area contributed by atoms with E-state index in [1.165, 1.54) is 25.9 Å². The Kier molecular flexibility index (Phi) is 6.96. The minimum absolute atomic E-state index is 0.174. The van der Waals surface area contributed by atoms with E-state index in [-0.39, 0.29) is 5.54 Å². The second-order valence-electron chi connectivity index (χ2n) is 7.65. The van der Waals surface area contributed by atoms with Crippen molar-refractivity contribution in [1.29, 1.82) is 0 Å². The van der Waals surface area contributed by atoms with Crippen LogP contribution in [-0.2, 0) is 0 Å². The Morgan fingerprint density at radius 1 is 1.00 bits per heavy atom. The Labute approximate surface area is 126 Å². The molecule has 1 aliphatic heterocycles. The molecule has 0 unspecified atom stereocenters. The Morgan fingerprint density at radius 2 is 1.50 bits per heavy atom. The lowest BCUT2D eigenvalue weighted by molar-refractivity contribution is 0.105. The van der Waals surface area contributed by atoms with Crippen LogP contribution in [0.25, 0.3) is 0 Å². The third-order valence-electron chi connectivity index (χ3n) is 5.30. The minimum Gasteiger partial charge on any atom is -0.329 e. The van der Waals surface area contributed by atoms with Crippen LogP contribution in [0.15, 0.2) is 0 Å². The molecule has 0 atom stereocenters. The van der Waals surface area contributed by atoms with Crippen LogP contribution in [0, 0.1) is 17.8 Å². The van der Waals surface area contributed by atoms with E-state index in [2.05, 4.69) is 51.8 Å². The zero-order valence-corrected chi connectivity index (χ0v) is 14.6. The molecule has 0 amide bonds. The van der Waals surface area contributed by atoms with E-state index in [4.69, 9.17) is 5.73 Å². The summed E-state index contributed by atoms with van der Waals surface area (Å²) in [4.78, 5) is 2.57. The van der Waals surface area contributed by atoms with Crippen molar-refractivity contribution < 1.29 is 0 Å². The fourth-order valence-electron chi connectivity index (χ4n) is 3.50. The molecular formula is C17H37N3. The molecule has 120 valence electrons. The maximum atomic E-state index is 6.12. The van der Waals surface area contributed by atoms with Crippen LogP contribution >= 0.6 is 0 Å². The van der Waals surface area contributed by atoms with Crippen LogP contribution < -0.4 is 11.1 Å². The lowest BCUT2D eigenvalue weighted by Crippen LogP contribution is -2.59. The van der Waals surface area contributed by atoms with Crippen LogP contribution in [0.4, 0.5) is 0 Å². The molecule has 1 aliphatic rings. The van der Waals surface area contributed by atoms with Gasteiger partial charge in [0, 0.05) is 31.2 Å². The first-order valence-electron chi connectivity index (χ1n) is 8.50. The molecule has 1 fully saturated rings. The van der Waals surface area contributed by atoms with E-state index >= 15 is 0 Å². The normalized spacial score (nSPS) is 20.6. The molecule has 3 N–H and O–H groups in total. The monoisotopic (exact) mass is 283 g/mol. The van der Waals surface area contributed by atoms with Crippen LogP contribution in [0.1, 0.15) is 54.4 Å². The Morgan fingerprint density at radius 3 is 1.85 bits per heavy atom.